The number of ether oxygens (including phenoxy) is 2. The summed E-state index contributed by atoms with van der Waals surface area (Å²) in [5, 5.41) is 0. The van der Waals surface area contributed by atoms with E-state index in [2.05, 4.69) is 15.9 Å². The summed E-state index contributed by atoms with van der Waals surface area (Å²) >= 11 is 3.38. The quantitative estimate of drug-likeness (QED) is 0.833. The molecular formula is C16H23BrN2O3. The standard InChI is InChI=1S/C16H23BrN2O3/c1-2-19(15(20)16(18)7-10-21-11-8-16)9-12-22-14-5-3-13(17)4-6-14/h3-6H,2,7-12,18H2,1H3. The van der Waals surface area contributed by atoms with E-state index in [-0.39, 0.29) is 5.91 Å². The van der Waals surface area contributed by atoms with Crippen molar-refractivity contribution in [2.75, 3.05) is 32.9 Å². The predicted molar refractivity (Wildman–Crippen MR) is 88.9 cm³/mol. The number of nitrogens with zero attached hydrogens (tertiary/aromatic N) is 1. The highest BCUT2D eigenvalue weighted by molar-refractivity contribution is 9.10. The maximum atomic E-state index is 12.6. The van der Waals surface area contributed by atoms with Gasteiger partial charge in [0.05, 0.1) is 12.1 Å². The van der Waals surface area contributed by atoms with Crippen molar-refractivity contribution in [3.05, 3.63) is 28.7 Å². The monoisotopic (exact) mass is 370 g/mol. The summed E-state index contributed by atoms with van der Waals surface area (Å²) in [5.41, 5.74) is 5.48. The van der Waals surface area contributed by atoms with Crippen LogP contribution in [0.5, 0.6) is 5.75 Å². The number of carbonyl (C=O) groups excluding carboxylic acids is 1. The van der Waals surface area contributed by atoms with E-state index < -0.39 is 5.54 Å². The Balaban J connectivity index is 1.86. The Labute approximate surface area is 139 Å². The van der Waals surface area contributed by atoms with E-state index in [1.807, 2.05) is 31.2 Å². The molecule has 0 atom stereocenters. The van der Waals surface area contributed by atoms with Gasteiger partial charge in [0, 0.05) is 24.2 Å². The van der Waals surface area contributed by atoms with Crippen LogP contribution < -0.4 is 10.5 Å². The van der Waals surface area contributed by atoms with E-state index in [1.165, 1.54) is 0 Å². The zero-order valence-electron chi connectivity index (χ0n) is 12.9. The van der Waals surface area contributed by atoms with Gasteiger partial charge in [-0.2, -0.15) is 0 Å². The van der Waals surface area contributed by atoms with Crippen molar-refractivity contribution in [3.63, 3.8) is 0 Å². The molecule has 0 spiro atoms. The van der Waals surface area contributed by atoms with Crippen LogP contribution in [0.4, 0.5) is 0 Å². The number of hydrogen-bond donors (Lipinski definition) is 1. The van der Waals surface area contributed by atoms with Crippen molar-refractivity contribution in [2.24, 2.45) is 5.73 Å². The SMILES string of the molecule is CCN(CCOc1ccc(Br)cc1)C(=O)C1(N)CCOCC1. The summed E-state index contributed by atoms with van der Waals surface area (Å²) in [7, 11) is 0. The van der Waals surface area contributed by atoms with Crippen molar-refractivity contribution in [1.82, 2.24) is 4.90 Å². The van der Waals surface area contributed by atoms with Crippen LogP contribution in [-0.2, 0) is 9.53 Å². The van der Waals surface area contributed by atoms with Crippen LogP contribution >= 0.6 is 15.9 Å². The molecule has 0 saturated carbocycles. The highest BCUT2D eigenvalue weighted by Gasteiger charge is 2.38. The summed E-state index contributed by atoms with van der Waals surface area (Å²) < 4.78 is 12.0. The molecule has 5 nitrogen and oxygen atoms in total. The maximum Gasteiger partial charge on any atom is 0.242 e. The van der Waals surface area contributed by atoms with Gasteiger partial charge in [-0.15, -0.1) is 0 Å². The number of likely N-dealkylation sites (N-methyl/N-ethyl adjacent to an activating group) is 1. The van der Waals surface area contributed by atoms with Gasteiger partial charge < -0.3 is 20.1 Å². The highest BCUT2D eigenvalue weighted by Crippen LogP contribution is 2.21. The molecule has 1 aromatic rings. The predicted octanol–water partition coefficient (Wildman–Crippen LogP) is 2.18. The Kier molecular flexibility index (Phi) is 6.23. The number of hydrogen-bond acceptors (Lipinski definition) is 4. The van der Waals surface area contributed by atoms with E-state index in [4.69, 9.17) is 15.2 Å². The summed E-state index contributed by atoms with van der Waals surface area (Å²) in [6.45, 7) is 4.67. The van der Waals surface area contributed by atoms with Crippen LogP contribution in [0.2, 0.25) is 0 Å². The molecule has 1 aromatic carbocycles. The third-order valence-corrected chi connectivity index (χ3v) is 4.45. The van der Waals surface area contributed by atoms with Crippen LogP contribution in [0.25, 0.3) is 0 Å². The van der Waals surface area contributed by atoms with Crippen molar-refractivity contribution in [1.29, 1.82) is 0 Å². The molecule has 22 heavy (non-hydrogen) atoms. The highest BCUT2D eigenvalue weighted by atomic mass is 79.9. The smallest absolute Gasteiger partial charge is 0.242 e. The number of carbonyl (C=O) groups is 1. The minimum Gasteiger partial charge on any atom is -0.492 e. The van der Waals surface area contributed by atoms with Gasteiger partial charge in [-0.05, 0) is 44.0 Å². The summed E-state index contributed by atoms with van der Waals surface area (Å²) in [6, 6.07) is 7.64. The van der Waals surface area contributed by atoms with Gasteiger partial charge in [-0.3, -0.25) is 4.79 Å². The normalized spacial score (nSPS) is 17.0. The molecule has 1 amide bonds. The maximum absolute atomic E-state index is 12.6. The number of halogens is 1. The summed E-state index contributed by atoms with van der Waals surface area (Å²) in [6.07, 6.45) is 1.16. The molecule has 1 aliphatic rings. The second kappa shape index (κ2) is 7.94. The first-order valence-corrected chi connectivity index (χ1v) is 8.39. The number of benzene rings is 1. The molecule has 0 radical (unpaired) electrons. The molecule has 122 valence electrons. The summed E-state index contributed by atoms with van der Waals surface area (Å²) in [5.74, 6) is 0.790. The lowest BCUT2D eigenvalue weighted by atomic mass is 9.89. The average molecular weight is 371 g/mol. The molecule has 0 aromatic heterocycles. The lowest BCUT2D eigenvalue weighted by molar-refractivity contribution is -0.140. The van der Waals surface area contributed by atoms with Crippen molar-refractivity contribution in [2.45, 2.75) is 25.3 Å². The number of nitrogens with two attached hydrogens (primary N) is 1. The van der Waals surface area contributed by atoms with E-state index in [9.17, 15) is 4.79 Å². The largest absolute Gasteiger partial charge is 0.492 e. The van der Waals surface area contributed by atoms with E-state index >= 15 is 0 Å². The topological polar surface area (TPSA) is 64.8 Å². The molecular weight excluding hydrogens is 348 g/mol. The van der Waals surface area contributed by atoms with Gasteiger partial charge in [0.25, 0.3) is 0 Å². The van der Waals surface area contributed by atoms with Crippen molar-refractivity contribution < 1.29 is 14.3 Å². The Bertz CT molecular complexity index is 487. The molecule has 1 aliphatic heterocycles. The van der Waals surface area contributed by atoms with E-state index in [1.54, 1.807) is 4.90 Å². The first-order valence-electron chi connectivity index (χ1n) is 7.59. The molecule has 0 aliphatic carbocycles. The third-order valence-electron chi connectivity index (χ3n) is 3.92. The van der Waals surface area contributed by atoms with Gasteiger partial charge in [-0.25, -0.2) is 0 Å². The molecule has 2 N–H and O–H groups in total. The zero-order chi connectivity index (χ0) is 16.0. The van der Waals surface area contributed by atoms with Crippen LogP contribution in [0.15, 0.2) is 28.7 Å². The Morgan fingerprint density at radius 1 is 1.36 bits per heavy atom. The van der Waals surface area contributed by atoms with Crippen LogP contribution in [0.1, 0.15) is 19.8 Å². The van der Waals surface area contributed by atoms with Gasteiger partial charge in [0.1, 0.15) is 12.4 Å². The van der Waals surface area contributed by atoms with Crippen molar-refractivity contribution in [3.8, 4) is 5.75 Å². The lowest BCUT2D eigenvalue weighted by Gasteiger charge is -2.36. The summed E-state index contributed by atoms with van der Waals surface area (Å²) in [4.78, 5) is 14.4. The average Bonchev–Trinajstić information content (AvgIpc) is 2.53. The van der Waals surface area contributed by atoms with Gasteiger partial charge in [0.15, 0.2) is 0 Å². The zero-order valence-corrected chi connectivity index (χ0v) is 14.5. The fourth-order valence-corrected chi connectivity index (χ4v) is 2.74. The fraction of sp³-hybridized carbons (Fsp3) is 0.562. The first-order chi connectivity index (χ1) is 10.5. The molecule has 1 heterocycles. The lowest BCUT2D eigenvalue weighted by Crippen LogP contribution is -2.58. The molecule has 1 fully saturated rings. The van der Waals surface area contributed by atoms with Crippen molar-refractivity contribution >= 4 is 21.8 Å². The Hall–Kier alpha value is -1.11. The van der Waals surface area contributed by atoms with Gasteiger partial charge in [-0.1, -0.05) is 15.9 Å². The van der Waals surface area contributed by atoms with E-state index in [0.29, 0.717) is 45.8 Å². The molecule has 0 bridgehead atoms. The Morgan fingerprint density at radius 2 is 2.00 bits per heavy atom. The minimum atomic E-state index is -0.786. The second-order valence-corrected chi connectivity index (χ2v) is 6.37. The van der Waals surface area contributed by atoms with E-state index in [0.717, 1.165) is 10.2 Å². The fourth-order valence-electron chi connectivity index (χ4n) is 2.47. The second-order valence-electron chi connectivity index (χ2n) is 5.46. The first kappa shape index (κ1) is 17.2. The molecule has 2 rings (SSSR count). The van der Waals surface area contributed by atoms with Crippen LogP contribution in [-0.4, -0.2) is 49.3 Å². The molecule has 1 saturated heterocycles. The minimum absolute atomic E-state index is 0.00212. The van der Waals surface area contributed by atoms with Crippen LogP contribution in [0, 0.1) is 0 Å². The Morgan fingerprint density at radius 3 is 2.59 bits per heavy atom. The van der Waals surface area contributed by atoms with Gasteiger partial charge in [0.2, 0.25) is 5.91 Å². The number of amides is 1. The molecule has 6 heteroatoms. The molecule has 0 unspecified atom stereocenters. The third kappa shape index (κ3) is 4.44. The van der Waals surface area contributed by atoms with Crippen LogP contribution in [0.3, 0.4) is 0 Å². The van der Waals surface area contributed by atoms with Gasteiger partial charge >= 0.3 is 0 Å². The number of rotatable bonds is 6.